The van der Waals surface area contributed by atoms with E-state index >= 15 is 0 Å². The highest BCUT2D eigenvalue weighted by molar-refractivity contribution is 7.79. The van der Waals surface area contributed by atoms with Crippen molar-refractivity contribution in [2.24, 2.45) is 4.40 Å². The highest BCUT2D eigenvalue weighted by Gasteiger charge is 2.29. The van der Waals surface area contributed by atoms with Gasteiger partial charge in [-0.1, -0.05) is 158 Å². The first kappa shape index (κ1) is 32.1. The number of benzene rings is 6. The lowest BCUT2D eigenvalue weighted by Crippen LogP contribution is -2.22. The van der Waals surface area contributed by atoms with Crippen LogP contribution in [0.25, 0.3) is 79.1 Å². The summed E-state index contributed by atoms with van der Waals surface area (Å²) in [5.41, 5.74) is 11.7. The van der Waals surface area contributed by atoms with Crippen molar-refractivity contribution >= 4 is 46.8 Å². The summed E-state index contributed by atoms with van der Waals surface area (Å²) in [7, 11) is 0. The Morgan fingerprint density at radius 1 is 0.453 bits per heavy atom. The van der Waals surface area contributed by atoms with Crippen molar-refractivity contribution in [2.45, 2.75) is 0 Å². The minimum atomic E-state index is 0.320. The average Bonchev–Trinajstić information content (AvgIpc) is 3.24. The van der Waals surface area contributed by atoms with Gasteiger partial charge in [0.05, 0.1) is 16.9 Å². The van der Waals surface area contributed by atoms with Crippen LogP contribution in [-0.2, 0) is 0 Å². The van der Waals surface area contributed by atoms with Gasteiger partial charge >= 0.3 is 0 Å². The molecule has 1 aliphatic rings. The van der Waals surface area contributed by atoms with Gasteiger partial charge in [0, 0.05) is 44.3 Å². The second-order valence-electron chi connectivity index (χ2n) is 12.7. The third-order valence-electron chi connectivity index (χ3n) is 9.46. The molecule has 0 radical (unpaired) electrons. The maximum Gasteiger partial charge on any atom is 0.164 e. The number of fused-ring (bicyclic) bond motifs is 3. The van der Waals surface area contributed by atoms with Crippen LogP contribution >= 0.6 is 12.8 Å². The number of thiol groups is 1. The molecule has 0 bridgehead atoms. The smallest absolute Gasteiger partial charge is 0.164 e. The number of pyridine rings is 1. The molecule has 0 aliphatic heterocycles. The van der Waals surface area contributed by atoms with Crippen molar-refractivity contribution in [1.82, 2.24) is 19.9 Å². The molecule has 0 saturated carbocycles. The summed E-state index contributed by atoms with van der Waals surface area (Å²) < 4.78 is 4.32. The molecule has 250 valence electrons. The second kappa shape index (κ2) is 13.7. The Bertz CT molecular complexity index is 2650. The molecule has 53 heavy (non-hydrogen) atoms. The second-order valence-corrected chi connectivity index (χ2v) is 12.9. The van der Waals surface area contributed by atoms with E-state index in [4.69, 9.17) is 19.9 Å². The molecule has 1 aliphatic carbocycles. The topological polar surface area (TPSA) is 87.8 Å². The van der Waals surface area contributed by atoms with Gasteiger partial charge in [0.2, 0.25) is 0 Å². The SMILES string of the molecule is N=C1C(=NS)C(c2ccccc2)=Cc2c(-c3ccccc3)nc3cc(-c4ccc(-c5nc(-c6ccccc6)nc(-c6ccccc6)n5)cc4)ccc3c21. The number of hydrogen-bond acceptors (Lipinski definition) is 7. The average molecular weight is 699 g/mol. The quantitative estimate of drug-likeness (QED) is 0.169. The molecule has 6 aromatic carbocycles. The Kier molecular flexibility index (Phi) is 8.31. The summed E-state index contributed by atoms with van der Waals surface area (Å²) in [5, 5.41) is 10.3. The molecule has 8 aromatic rings. The zero-order valence-electron chi connectivity index (χ0n) is 28.3. The van der Waals surface area contributed by atoms with Crippen LogP contribution in [0.1, 0.15) is 16.7 Å². The van der Waals surface area contributed by atoms with Crippen molar-refractivity contribution in [3.63, 3.8) is 0 Å². The van der Waals surface area contributed by atoms with Crippen molar-refractivity contribution in [3.05, 3.63) is 180 Å². The summed E-state index contributed by atoms with van der Waals surface area (Å²) in [6.45, 7) is 0. The van der Waals surface area contributed by atoms with E-state index in [2.05, 4.69) is 77.9 Å². The minimum absolute atomic E-state index is 0.320. The fraction of sp³-hybridized carbons (Fsp3) is 0. The largest absolute Gasteiger partial charge is 0.298 e. The Hall–Kier alpha value is -6.83. The van der Waals surface area contributed by atoms with Crippen LogP contribution in [0.15, 0.2) is 168 Å². The molecule has 1 N–H and O–H groups in total. The van der Waals surface area contributed by atoms with Gasteiger partial charge in [-0.05, 0) is 41.6 Å². The van der Waals surface area contributed by atoms with E-state index in [1.165, 1.54) is 0 Å². The van der Waals surface area contributed by atoms with Crippen LogP contribution < -0.4 is 0 Å². The van der Waals surface area contributed by atoms with Gasteiger partial charge in [0.1, 0.15) is 5.71 Å². The molecule has 0 atom stereocenters. The van der Waals surface area contributed by atoms with Crippen molar-refractivity contribution in [1.29, 1.82) is 5.41 Å². The number of aromatic nitrogens is 4. The molecule has 0 amide bonds. The van der Waals surface area contributed by atoms with E-state index in [9.17, 15) is 5.41 Å². The van der Waals surface area contributed by atoms with Crippen molar-refractivity contribution in [2.75, 3.05) is 0 Å². The Morgan fingerprint density at radius 2 is 0.906 bits per heavy atom. The molecule has 2 aromatic heterocycles. The maximum atomic E-state index is 9.45. The van der Waals surface area contributed by atoms with Crippen LogP contribution in [0.4, 0.5) is 0 Å². The maximum absolute atomic E-state index is 9.45. The molecular formula is C46H30N6S. The van der Waals surface area contributed by atoms with E-state index in [-0.39, 0.29) is 0 Å². The number of hydrogen-bond donors (Lipinski definition) is 2. The van der Waals surface area contributed by atoms with Gasteiger partial charge in [-0.3, -0.25) is 5.41 Å². The van der Waals surface area contributed by atoms with Crippen LogP contribution in [0, 0.1) is 5.41 Å². The normalized spacial score (nSPS) is 13.2. The highest BCUT2D eigenvalue weighted by atomic mass is 32.1. The monoisotopic (exact) mass is 698 g/mol. The fourth-order valence-corrected chi connectivity index (χ4v) is 7.05. The van der Waals surface area contributed by atoms with E-state index in [1.54, 1.807) is 0 Å². The molecular weight excluding hydrogens is 669 g/mol. The third kappa shape index (κ3) is 6.03. The molecule has 7 heteroatoms. The summed E-state index contributed by atoms with van der Waals surface area (Å²) >= 11 is 4.34. The predicted octanol–water partition coefficient (Wildman–Crippen LogP) is 11.0. The summed E-state index contributed by atoms with van der Waals surface area (Å²) in [5.74, 6) is 1.85. The van der Waals surface area contributed by atoms with Crippen molar-refractivity contribution in [3.8, 4) is 56.5 Å². The molecule has 9 rings (SSSR count). The molecule has 6 nitrogen and oxygen atoms in total. The van der Waals surface area contributed by atoms with E-state index in [0.717, 1.165) is 72.2 Å². The lowest BCUT2D eigenvalue weighted by molar-refractivity contribution is 1.07. The van der Waals surface area contributed by atoms with Gasteiger partial charge in [0.25, 0.3) is 0 Å². The number of rotatable bonds is 6. The Labute approximate surface area is 312 Å². The molecule has 0 fully saturated rings. The van der Waals surface area contributed by atoms with Crippen LogP contribution in [0.3, 0.4) is 0 Å². The van der Waals surface area contributed by atoms with Crippen LogP contribution in [0.2, 0.25) is 0 Å². The standard InChI is InChI=1S/C46H30N6S/c47-41-40-36-26-25-35(27-39(36)48-42(31-15-7-2-8-16-31)38(40)28-37(43(41)52-53)30-13-5-1-6-14-30)29-21-23-34(24-22-29)46-50-44(32-17-9-3-10-18-32)49-45(51-46)33-19-11-4-12-20-33/h1-28,47,53H. The molecule has 0 unspecified atom stereocenters. The van der Waals surface area contributed by atoms with Crippen LogP contribution in [0.5, 0.6) is 0 Å². The minimum Gasteiger partial charge on any atom is -0.298 e. The lowest BCUT2D eigenvalue weighted by Gasteiger charge is -2.23. The summed E-state index contributed by atoms with van der Waals surface area (Å²) in [6.07, 6.45) is 2.10. The Balaban J connectivity index is 1.15. The van der Waals surface area contributed by atoms with E-state index in [1.807, 2.05) is 109 Å². The molecule has 0 spiro atoms. The first-order valence-corrected chi connectivity index (χ1v) is 17.6. The van der Waals surface area contributed by atoms with E-state index in [0.29, 0.717) is 28.9 Å². The lowest BCUT2D eigenvalue weighted by atomic mass is 9.82. The molecule has 2 heterocycles. The Morgan fingerprint density at radius 3 is 1.43 bits per heavy atom. The summed E-state index contributed by atoms with van der Waals surface area (Å²) in [6, 6.07) is 54.7. The van der Waals surface area contributed by atoms with Crippen molar-refractivity contribution < 1.29 is 0 Å². The highest BCUT2D eigenvalue weighted by Crippen LogP contribution is 2.39. The zero-order valence-corrected chi connectivity index (χ0v) is 29.2. The zero-order chi connectivity index (χ0) is 35.7. The van der Waals surface area contributed by atoms with Gasteiger partial charge in [0.15, 0.2) is 17.5 Å². The van der Waals surface area contributed by atoms with Gasteiger partial charge < -0.3 is 0 Å². The van der Waals surface area contributed by atoms with Gasteiger partial charge in [-0.15, -0.1) is 0 Å². The third-order valence-corrected chi connectivity index (χ3v) is 9.66. The van der Waals surface area contributed by atoms with Gasteiger partial charge in [-0.2, -0.15) is 0 Å². The number of nitrogens with one attached hydrogen (secondary N) is 1. The number of nitrogens with zero attached hydrogens (tertiary/aromatic N) is 5. The first-order chi connectivity index (χ1) is 26.1. The van der Waals surface area contributed by atoms with Crippen LogP contribution in [-0.4, -0.2) is 31.4 Å². The first-order valence-electron chi connectivity index (χ1n) is 17.2. The predicted molar refractivity (Wildman–Crippen MR) is 220 cm³/mol. The molecule has 0 saturated heterocycles. The number of allylic oxidation sites excluding steroid dienone is 1. The van der Waals surface area contributed by atoms with Gasteiger partial charge in [-0.25, -0.2) is 24.3 Å². The summed E-state index contributed by atoms with van der Waals surface area (Å²) in [4.78, 5) is 19.9. The fourth-order valence-electron chi connectivity index (χ4n) is 6.84. The van der Waals surface area contributed by atoms with E-state index < -0.39 is 0 Å².